The molecule has 0 radical (unpaired) electrons. The molecule has 12 nitrogen and oxygen atoms in total. The second-order valence-corrected chi connectivity index (χ2v) is 26.2. The first kappa shape index (κ1) is 73.1. The Bertz CT molecular complexity index is 4460. The van der Waals surface area contributed by atoms with Crippen LogP contribution in [0.3, 0.4) is 0 Å². The molecule has 98 heavy (non-hydrogen) atoms. The van der Waals surface area contributed by atoms with Crippen molar-refractivity contribution < 1.29 is 18.9 Å². The minimum atomic E-state index is -0.299. The van der Waals surface area contributed by atoms with Crippen LogP contribution in [0.2, 0.25) is 0 Å². The topological polar surface area (TPSA) is 136 Å². The van der Waals surface area contributed by atoms with E-state index in [4.69, 9.17) is 18.9 Å². The molecule has 12 heteroatoms. The van der Waals surface area contributed by atoms with Crippen LogP contribution in [0.1, 0.15) is 127 Å². The molecule has 0 aliphatic rings. The third-order valence-corrected chi connectivity index (χ3v) is 18.0. The van der Waals surface area contributed by atoms with Crippen molar-refractivity contribution in [1.29, 1.82) is 0 Å². The summed E-state index contributed by atoms with van der Waals surface area (Å²) >= 11 is 0. The summed E-state index contributed by atoms with van der Waals surface area (Å²) in [6, 6.07) is 84.9. The van der Waals surface area contributed by atoms with E-state index in [1.54, 1.807) is 28.4 Å². The van der Waals surface area contributed by atoms with E-state index in [0.717, 1.165) is 109 Å². The van der Waals surface area contributed by atoms with Gasteiger partial charge < -0.3 is 18.9 Å². The maximum atomic E-state index is 5.99. The third kappa shape index (κ3) is 18.8. The van der Waals surface area contributed by atoms with Gasteiger partial charge >= 0.3 is 0 Å². The van der Waals surface area contributed by atoms with Gasteiger partial charge in [0, 0.05) is 27.3 Å². The van der Waals surface area contributed by atoms with Crippen LogP contribution in [0.5, 0.6) is 23.0 Å². The largest absolute Gasteiger partial charge is 0.494 e. The molecule has 0 aliphatic heterocycles. The predicted molar refractivity (Wildman–Crippen MR) is 405 cm³/mol. The second-order valence-electron chi connectivity index (χ2n) is 26.2. The molecule has 11 aromatic rings. The summed E-state index contributed by atoms with van der Waals surface area (Å²) in [6.45, 7) is 26.5. The Morgan fingerprint density at radius 1 is 0.286 bits per heavy atom. The van der Waals surface area contributed by atoms with Crippen LogP contribution >= 0.6 is 0 Å². The molecule has 0 aliphatic carbocycles. The Labute approximate surface area is 581 Å². The number of aryl methyl sites for hydroxylation is 2. The van der Waals surface area contributed by atoms with Crippen LogP contribution in [-0.2, 0) is 21.7 Å². The fourth-order valence-corrected chi connectivity index (χ4v) is 11.2. The van der Waals surface area contributed by atoms with E-state index in [1.807, 2.05) is 178 Å². The molecule has 0 fully saturated rings. The Hall–Kier alpha value is -10.7. The summed E-state index contributed by atoms with van der Waals surface area (Å²) in [7, 11) is 6.74. The summed E-state index contributed by atoms with van der Waals surface area (Å²) in [5.41, 5.74) is 15.3. The van der Waals surface area contributed by atoms with Crippen molar-refractivity contribution in [2.24, 2.45) is 40.9 Å². The normalized spacial score (nSPS) is 11.8. The minimum absolute atomic E-state index is 0.00217. The highest BCUT2D eigenvalue weighted by Crippen LogP contribution is 2.48. The highest BCUT2D eigenvalue weighted by molar-refractivity contribution is 5.92. The number of methoxy groups -OCH3 is 4. The first-order valence-corrected chi connectivity index (χ1v) is 33.3. The van der Waals surface area contributed by atoms with Crippen molar-refractivity contribution in [2.75, 3.05) is 28.4 Å². The minimum Gasteiger partial charge on any atom is -0.494 e. The number of azo groups is 4. The molecular weight excluding hydrogens is 1210 g/mol. The summed E-state index contributed by atoms with van der Waals surface area (Å²) in [5.74, 6) is 3.11. The van der Waals surface area contributed by atoms with Gasteiger partial charge in [0.05, 0.1) is 51.2 Å². The molecule has 0 heterocycles. The van der Waals surface area contributed by atoms with Crippen molar-refractivity contribution in [3.63, 3.8) is 0 Å². The molecule has 0 amide bonds. The average molecular weight is 1300 g/mol. The zero-order valence-corrected chi connectivity index (χ0v) is 59.9. The van der Waals surface area contributed by atoms with Crippen LogP contribution in [0.25, 0.3) is 10.8 Å². The van der Waals surface area contributed by atoms with Gasteiger partial charge in [0.2, 0.25) is 0 Å². The lowest BCUT2D eigenvalue weighted by atomic mass is 9.72. The zero-order chi connectivity index (χ0) is 70.3. The van der Waals surface area contributed by atoms with Gasteiger partial charge in [-0.3, -0.25) is 0 Å². The maximum Gasteiger partial charge on any atom is 0.154 e. The Kier molecular flexibility index (Phi) is 25.6. The van der Waals surface area contributed by atoms with E-state index in [2.05, 4.69) is 201 Å². The number of benzene rings is 11. The Morgan fingerprint density at radius 3 is 1.07 bits per heavy atom. The quantitative estimate of drug-likeness (QED) is 0.0702. The number of rotatable bonds is 20. The van der Waals surface area contributed by atoms with Crippen LogP contribution in [0.15, 0.2) is 296 Å². The van der Waals surface area contributed by atoms with E-state index < -0.39 is 0 Å². The van der Waals surface area contributed by atoms with Gasteiger partial charge in [0.15, 0.2) is 5.75 Å². The molecule has 11 aromatic carbocycles. The number of hydrogen-bond donors (Lipinski definition) is 0. The van der Waals surface area contributed by atoms with Gasteiger partial charge in [0.25, 0.3) is 0 Å². The molecule has 0 bridgehead atoms. The first-order valence-electron chi connectivity index (χ1n) is 33.3. The fraction of sp³-hybridized carbons (Fsp3) is 0.256. The second kappa shape index (κ2) is 34.3. The molecule has 502 valence electrons. The third-order valence-electron chi connectivity index (χ3n) is 18.0. The molecule has 0 unspecified atom stereocenters. The fourth-order valence-electron chi connectivity index (χ4n) is 11.2. The van der Waals surface area contributed by atoms with Crippen molar-refractivity contribution in [1.82, 2.24) is 0 Å². The lowest BCUT2D eigenvalue weighted by Crippen LogP contribution is -2.23. The smallest absolute Gasteiger partial charge is 0.154 e. The van der Waals surface area contributed by atoms with Crippen molar-refractivity contribution in [2.45, 2.75) is 118 Å². The summed E-state index contributed by atoms with van der Waals surface area (Å²) in [6.07, 6.45) is 2.08. The van der Waals surface area contributed by atoms with Gasteiger partial charge in [0.1, 0.15) is 40.0 Å². The Morgan fingerprint density at radius 2 is 0.643 bits per heavy atom. The van der Waals surface area contributed by atoms with Crippen LogP contribution in [0, 0.1) is 13.8 Å². The molecule has 0 N–H and O–H groups in total. The predicted octanol–water partition coefficient (Wildman–Crippen LogP) is 26.2. The molecule has 11 rings (SSSR count). The van der Waals surface area contributed by atoms with E-state index >= 15 is 0 Å². The Balaban J connectivity index is 0.000000172. The van der Waals surface area contributed by atoms with E-state index in [9.17, 15) is 0 Å². The van der Waals surface area contributed by atoms with E-state index in [0.29, 0.717) is 0 Å². The van der Waals surface area contributed by atoms with E-state index in [-0.39, 0.29) is 21.7 Å². The number of hydrogen-bond acceptors (Lipinski definition) is 12. The zero-order valence-electron chi connectivity index (χ0n) is 59.9. The molecule has 0 atom stereocenters. The molecule has 0 aromatic heterocycles. The van der Waals surface area contributed by atoms with Crippen LogP contribution in [0.4, 0.5) is 45.5 Å². The summed E-state index contributed by atoms with van der Waals surface area (Å²) < 4.78 is 22.7. The maximum absolute atomic E-state index is 5.99. The van der Waals surface area contributed by atoms with Crippen molar-refractivity contribution >= 4 is 56.3 Å². The van der Waals surface area contributed by atoms with Gasteiger partial charge in [-0.15, -0.1) is 20.5 Å². The average Bonchev–Trinajstić information content (AvgIpc) is 0.764. The van der Waals surface area contributed by atoms with Gasteiger partial charge in [-0.25, -0.2) is 0 Å². The van der Waals surface area contributed by atoms with Crippen molar-refractivity contribution in [3.8, 4) is 23.0 Å². The highest BCUT2D eigenvalue weighted by atomic mass is 16.5. The number of ether oxygens (including phenoxy) is 4. The van der Waals surface area contributed by atoms with Gasteiger partial charge in [-0.2, -0.15) is 20.5 Å². The lowest BCUT2D eigenvalue weighted by molar-refractivity contribution is 0.388. The molecule has 0 saturated carbocycles. The lowest BCUT2D eigenvalue weighted by Gasteiger charge is -2.32. The van der Waals surface area contributed by atoms with Crippen molar-refractivity contribution in [3.05, 3.63) is 299 Å². The SMILES string of the molecule is CCC(C)(C)c1cc(N=Nc2ccccc2)c(OC)c(C(C)(C)CC)c1.COc1c(C)cc(C)cc1N=Nc1ccccc1.COc1c(N=Nc2ccccc2)cc(C(C)(C)c2ccccc2)cc1C(C)(C)c1ccccc1.COc1c(N=Nc2ccccc2)ccc2ccccc12. The van der Waals surface area contributed by atoms with Gasteiger partial charge in [-0.1, -0.05) is 251 Å². The van der Waals surface area contributed by atoms with Crippen LogP contribution in [-0.4, -0.2) is 28.4 Å². The molecular formula is C86H94N8O4. The molecule has 0 saturated heterocycles. The number of fused-ring (bicyclic) bond motifs is 1. The summed E-state index contributed by atoms with van der Waals surface area (Å²) in [4.78, 5) is 0. The van der Waals surface area contributed by atoms with Crippen LogP contribution < -0.4 is 18.9 Å². The van der Waals surface area contributed by atoms with E-state index in [1.165, 1.54) is 27.8 Å². The van der Waals surface area contributed by atoms with Gasteiger partial charge in [-0.05, 0) is 149 Å². The number of nitrogens with zero attached hydrogens (tertiary/aromatic N) is 8. The monoisotopic (exact) mass is 1300 g/mol. The molecule has 0 spiro atoms. The standard InChI is InChI=1S/C31H32N2O.C23H32N2O.C17H14N2O.C15H16N2O/c1-30(2,23-15-9-6-10-16-23)25-21-27(31(3,4)24-17-11-7-12-18-24)29(34-5)28(22-25)33-32-26-19-13-8-14-20-26;1-8-22(3,4)17-15-19(23(5,6)9-2)21(26-7)20(16-17)25-24-18-13-11-10-12-14-18;1-20-17-15-10-6-5-7-13(15)11-12-16(17)19-18-14-8-3-2-4-9-14;1-11-9-12(2)15(18-3)14(10-11)17-16-13-7-5-4-6-8-13/h6-22H,1-5H3;10-16H,8-9H2,1-7H3;2-12H,1H3;4-10H,1-3H3. The highest BCUT2D eigenvalue weighted by Gasteiger charge is 2.33. The first-order chi connectivity index (χ1) is 47.2. The summed E-state index contributed by atoms with van der Waals surface area (Å²) in [5, 5.41) is 37.4.